The predicted octanol–water partition coefficient (Wildman–Crippen LogP) is 4.32. The summed E-state index contributed by atoms with van der Waals surface area (Å²) in [7, 11) is 0. The number of Topliss-reactive ketones (excluding diaryl/α,β-unsaturated/α-hetero) is 1. The van der Waals surface area contributed by atoms with Crippen LogP contribution in [0.3, 0.4) is 0 Å². The summed E-state index contributed by atoms with van der Waals surface area (Å²) in [6.07, 6.45) is 0. The first-order valence-corrected chi connectivity index (χ1v) is 7.61. The molecule has 22 heavy (non-hydrogen) atoms. The number of halogens is 2. The van der Waals surface area contributed by atoms with Crippen LogP contribution in [0.2, 0.25) is 5.02 Å². The minimum atomic E-state index is -0.336. The molecule has 0 aromatic heterocycles. The SMILES string of the molecule is CC(=O)c1cccc(OCC(=O)Nc2ccc(Br)cc2Cl)c1. The molecule has 0 aliphatic heterocycles. The summed E-state index contributed by atoms with van der Waals surface area (Å²) in [5.41, 5.74) is 1.05. The first kappa shape index (κ1) is 16.5. The van der Waals surface area contributed by atoms with Gasteiger partial charge in [0.1, 0.15) is 5.75 Å². The lowest BCUT2D eigenvalue weighted by Crippen LogP contribution is -2.20. The van der Waals surface area contributed by atoms with Crippen molar-refractivity contribution in [1.29, 1.82) is 0 Å². The number of anilines is 1. The van der Waals surface area contributed by atoms with Gasteiger partial charge in [0, 0.05) is 10.0 Å². The molecule has 0 aliphatic rings. The molecular weight excluding hydrogens is 370 g/mol. The fourth-order valence-corrected chi connectivity index (χ4v) is 2.45. The Hall–Kier alpha value is -1.85. The highest BCUT2D eigenvalue weighted by Crippen LogP contribution is 2.25. The molecule has 0 unspecified atom stereocenters. The number of carbonyl (C=O) groups excluding carboxylic acids is 2. The first-order valence-electron chi connectivity index (χ1n) is 6.44. The van der Waals surface area contributed by atoms with Crippen LogP contribution >= 0.6 is 27.5 Å². The highest BCUT2D eigenvalue weighted by atomic mass is 79.9. The lowest BCUT2D eigenvalue weighted by atomic mass is 10.1. The van der Waals surface area contributed by atoms with Crippen LogP contribution in [0.1, 0.15) is 17.3 Å². The number of ketones is 1. The van der Waals surface area contributed by atoms with Crippen molar-refractivity contribution in [3.63, 3.8) is 0 Å². The van der Waals surface area contributed by atoms with E-state index in [0.29, 0.717) is 22.0 Å². The summed E-state index contributed by atoms with van der Waals surface area (Å²) in [6, 6.07) is 11.8. The number of hydrogen-bond donors (Lipinski definition) is 1. The number of carbonyl (C=O) groups is 2. The minimum absolute atomic E-state index is 0.0588. The smallest absolute Gasteiger partial charge is 0.262 e. The molecule has 114 valence electrons. The lowest BCUT2D eigenvalue weighted by molar-refractivity contribution is -0.118. The number of hydrogen-bond acceptors (Lipinski definition) is 3. The Kier molecular flexibility index (Phi) is 5.57. The first-order chi connectivity index (χ1) is 10.5. The highest BCUT2D eigenvalue weighted by Gasteiger charge is 2.08. The summed E-state index contributed by atoms with van der Waals surface area (Å²) in [5, 5.41) is 3.09. The van der Waals surface area contributed by atoms with Crippen LogP contribution in [-0.4, -0.2) is 18.3 Å². The zero-order chi connectivity index (χ0) is 16.1. The largest absolute Gasteiger partial charge is 0.484 e. The normalized spacial score (nSPS) is 10.1. The molecule has 2 aromatic carbocycles. The summed E-state index contributed by atoms with van der Waals surface area (Å²) >= 11 is 9.32. The molecule has 0 heterocycles. The van der Waals surface area contributed by atoms with Gasteiger partial charge in [-0.2, -0.15) is 0 Å². The van der Waals surface area contributed by atoms with E-state index < -0.39 is 0 Å². The molecule has 1 amide bonds. The monoisotopic (exact) mass is 381 g/mol. The van der Waals surface area contributed by atoms with Crippen LogP contribution in [0.25, 0.3) is 0 Å². The molecule has 1 N–H and O–H groups in total. The Bertz CT molecular complexity index is 718. The van der Waals surface area contributed by atoms with Crippen molar-refractivity contribution >= 4 is 44.9 Å². The standard InChI is InChI=1S/C16H13BrClNO3/c1-10(20)11-3-2-4-13(7-11)22-9-16(21)19-15-6-5-12(17)8-14(15)18/h2-8H,9H2,1H3,(H,19,21). The second-order valence-corrected chi connectivity index (χ2v) is 5.87. The third-order valence-electron chi connectivity index (χ3n) is 2.82. The maximum Gasteiger partial charge on any atom is 0.262 e. The van der Waals surface area contributed by atoms with E-state index in [9.17, 15) is 9.59 Å². The Morgan fingerprint density at radius 2 is 2.00 bits per heavy atom. The van der Waals surface area contributed by atoms with Crippen LogP contribution in [-0.2, 0) is 4.79 Å². The van der Waals surface area contributed by atoms with Crippen molar-refractivity contribution in [2.45, 2.75) is 6.92 Å². The Balaban J connectivity index is 1.95. The van der Waals surface area contributed by atoms with E-state index >= 15 is 0 Å². The predicted molar refractivity (Wildman–Crippen MR) is 89.7 cm³/mol. The van der Waals surface area contributed by atoms with Crippen LogP contribution in [0.15, 0.2) is 46.9 Å². The van der Waals surface area contributed by atoms with Gasteiger partial charge in [-0.25, -0.2) is 0 Å². The molecule has 2 aromatic rings. The zero-order valence-corrected chi connectivity index (χ0v) is 14.1. The van der Waals surface area contributed by atoms with Crippen LogP contribution in [0.4, 0.5) is 5.69 Å². The summed E-state index contributed by atoms with van der Waals surface area (Å²) in [5.74, 6) is 0.0683. The average Bonchev–Trinajstić information content (AvgIpc) is 2.48. The molecule has 0 radical (unpaired) electrons. The molecule has 0 aliphatic carbocycles. The number of nitrogens with one attached hydrogen (secondary N) is 1. The average molecular weight is 383 g/mol. The number of benzene rings is 2. The number of amides is 1. The van der Waals surface area contributed by atoms with E-state index in [1.165, 1.54) is 6.92 Å². The van der Waals surface area contributed by atoms with Crippen LogP contribution in [0, 0.1) is 0 Å². The Morgan fingerprint density at radius 3 is 2.68 bits per heavy atom. The third-order valence-corrected chi connectivity index (χ3v) is 3.62. The van der Waals surface area contributed by atoms with Crippen LogP contribution in [0.5, 0.6) is 5.75 Å². The molecule has 0 spiro atoms. The van der Waals surface area contributed by atoms with Gasteiger partial charge >= 0.3 is 0 Å². The van der Waals surface area contributed by atoms with Crippen molar-refractivity contribution in [2.75, 3.05) is 11.9 Å². The van der Waals surface area contributed by atoms with Gasteiger partial charge in [0.2, 0.25) is 0 Å². The van der Waals surface area contributed by atoms with E-state index in [-0.39, 0.29) is 18.3 Å². The quantitative estimate of drug-likeness (QED) is 0.783. The van der Waals surface area contributed by atoms with E-state index in [0.717, 1.165) is 4.47 Å². The fourth-order valence-electron chi connectivity index (χ4n) is 1.73. The van der Waals surface area contributed by atoms with Gasteiger partial charge < -0.3 is 10.1 Å². The maximum atomic E-state index is 11.9. The second kappa shape index (κ2) is 7.42. The molecule has 0 saturated carbocycles. The second-order valence-electron chi connectivity index (χ2n) is 4.55. The molecule has 6 heteroatoms. The van der Waals surface area contributed by atoms with Gasteiger partial charge in [-0.1, -0.05) is 39.7 Å². The Labute approximate surface area is 141 Å². The molecule has 0 fully saturated rings. The van der Waals surface area contributed by atoms with Crippen molar-refractivity contribution < 1.29 is 14.3 Å². The lowest BCUT2D eigenvalue weighted by Gasteiger charge is -2.09. The van der Waals surface area contributed by atoms with E-state index in [1.54, 1.807) is 42.5 Å². The van der Waals surface area contributed by atoms with Crippen molar-refractivity contribution in [1.82, 2.24) is 0 Å². The van der Waals surface area contributed by atoms with E-state index in [1.807, 2.05) is 0 Å². The molecule has 2 rings (SSSR count). The summed E-state index contributed by atoms with van der Waals surface area (Å²) < 4.78 is 6.20. The third kappa shape index (κ3) is 4.58. The zero-order valence-electron chi connectivity index (χ0n) is 11.7. The van der Waals surface area contributed by atoms with Crippen molar-refractivity contribution in [3.05, 3.63) is 57.5 Å². The minimum Gasteiger partial charge on any atom is -0.484 e. The Morgan fingerprint density at radius 1 is 1.23 bits per heavy atom. The van der Waals surface area contributed by atoms with Gasteiger partial charge in [-0.3, -0.25) is 9.59 Å². The number of ether oxygens (including phenoxy) is 1. The molecule has 0 saturated heterocycles. The van der Waals surface area contributed by atoms with Gasteiger partial charge in [0.05, 0.1) is 10.7 Å². The molecular formula is C16H13BrClNO3. The van der Waals surface area contributed by atoms with Gasteiger partial charge in [0.15, 0.2) is 12.4 Å². The molecule has 0 atom stereocenters. The summed E-state index contributed by atoms with van der Waals surface area (Å²) in [6.45, 7) is 1.30. The van der Waals surface area contributed by atoms with Gasteiger partial charge in [-0.15, -0.1) is 0 Å². The topological polar surface area (TPSA) is 55.4 Å². The van der Waals surface area contributed by atoms with Crippen LogP contribution < -0.4 is 10.1 Å². The van der Waals surface area contributed by atoms with Gasteiger partial charge in [0.25, 0.3) is 5.91 Å². The van der Waals surface area contributed by atoms with E-state index in [4.69, 9.17) is 16.3 Å². The summed E-state index contributed by atoms with van der Waals surface area (Å²) in [4.78, 5) is 23.2. The van der Waals surface area contributed by atoms with Gasteiger partial charge in [-0.05, 0) is 37.3 Å². The highest BCUT2D eigenvalue weighted by molar-refractivity contribution is 9.10. The molecule has 4 nitrogen and oxygen atoms in total. The van der Waals surface area contributed by atoms with Crippen molar-refractivity contribution in [2.24, 2.45) is 0 Å². The van der Waals surface area contributed by atoms with E-state index in [2.05, 4.69) is 21.2 Å². The fraction of sp³-hybridized carbons (Fsp3) is 0.125. The molecule has 0 bridgehead atoms. The maximum absolute atomic E-state index is 11.9. The number of rotatable bonds is 5. The van der Waals surface area contributed by atoms with Crippen molar-refractivity contribution in [3.8, 4) is 5.75 Å².